The molecule has 0 atom stereocenters. The molecule has 9 nitrogen and oxygen atoms in total. The molecule has 0 fully saturated rings. The van der Waals surface area contributed by atoms with E-state index in [0.29, 0.717) is 0 Å². The van der Waals surface area contributed by atoms with Gasteiger partial charge in [-0.2, -0.15) is 18.3 Å². The number of fused-ring (bicyclic) bond motifs is 4. The molecule has 424 valence electrons. The minimum Gasteiger partial charge on any atom is -1.00 e. The summed E-state index contributed by atoms with van der Waals surface area (Å²) in [5, 5.41) is 4.40. The Balaban J connectivity index is 0.000000251. The van der Waals surface area contributed by atoms with Crippen molar-refractivity contribution in [2.75, 3.05) is 22.9 Å². The zero-order valence-electron chi connectivity index (χ0n) is 46.3. The number of hydrogen-bond acceptors (Lipinski definition) is 4. The SMILES string of the molecule is Nc1cc[n+](Cc2ccc(CCCc3ccc(C[n+]4ccc(N)c5ccccc54)cc3)cc2)c2ccccc12.Nc1cc[n+](Cc2ccc(CCCc3ccc(C[n+]4ccc(N)c5ccccc54)cc3)cc2)c2ccccc12.O.[Br-].[Br-].[Br-].[Br-]. The Morgan fingerprint density at radius 1 is 0.229 bits per heavy atom. The van der Waals surface area contributed by atoms with E-state index < -0.39 is 0 Å². The minimum atomic E-state index is 0. The minimum absolute atomic E-state index is 0. The summed E-state index contributed by atoms with van der Waals surface area (Å²) in [5.41, 5.74) is 43.3. The Labute approximate surface area is 529 Å². The van der Waals surface area contributed by atoms with Crippen molar-refractivity contribution in [2.45, 2.75) is 64.7 Å². The molecule has 8 aromatic carbocycles. The molecule has 83 heavy (non-hydrogen) atoms. The van der Waals surface area contributed by atoms with Crippen LogP contribution in [0, 0.1) is 0 Å². The predicted octanol–water partition coefficient (Wildman–Crippen LogP) is -0.800. The molecule has 12 aromatic rings. The lowest BCUT2D eigenvalue weighted by molar-refractivity contribution is -0.662. The summed E-state index contributed by atoms with van der Waals surface area (Å²) in [6.07, 6.45) is 14.9. The molecule has 0 bridgehead atoms. The van der Waals surface area contributed by atoms with Crippen LogP contribution in [0.1, 0.15) is 57.3 Å². The number of benzene rings is 8. The smallest absolute Gasteiger partial charge is 0.214 e. The highest BCUT2D eigenvalue weighted by molar-refractivity contribution is 5.89. The first-order valence-corrected chi connectivity index (χ1v) is 27.3. The van der Waals surface area contributed by atoms with Gasteiger partial charge >= 0.3 is 0 Å². The average molecular weight is 1360 g/mol. The number of aromatic nitrogens is 4. The number of nitrogens with two attached hydrogens (primary N) is 4. The van der Waals surface area contributed by atoms with Crippen molar-refractivity contribution in [1.82, 2.24) is 0 Å². The van der Waals surface area contributed by atoms with E-state index in [-0.39, 0.29) is 73.4 Å². The van der Waals surface area contributed by atoms with Crippen molar-refractivity contribution in [1.29, 1.82) is 0 Å². The maximum absolute atomic E-state index is 6.17. The van der Waals surface area contributed by atoms with Gasteiger partial charge in [0.05, 0.1) is 44.3 Å². The molecule has 4 aromatic heterocycles. The van der Waals surface area contributed by atoms with Crippen LogP contribution in [0.5, 0.6) is 0 Å². The highest BCUT2D eigenvalue weighted by atomic mass is 79.9. The molecular formula is C70H70Br4N8O. The fourth-order valence-corrected chi connectivity index (χ4v) is 10.8. The summed E-state index contributed by atoms with van der Waals surface area (Å²) in [6, 6.07) is 77.4. The van der Waals surface area contributed by atoms with Gasteiger partial charge in [0.25, 0.3) is 0 Å². The normalized spacial score (nSPS) is 10.6. The monoisotopic (exact) mass is 1350 g/mol. The van der Waals surface area contributed by atoms with Gasteiger partial charge in [-0.25, -0.2) is 0 Å². The van der Waals surface area contributed by atoms with Crippen LogP contribution >= 0.6 is 0 Å². The zero-order chi connectivity index (χ0) is 53.2. The summed E-state index contributed by atoms with van der Waals surface area (Å²) < 4.78 is 9.05. The van der Waals surface area contributed by atoms with E-state index in [1.807, 2.05) is 48.5 Å². The van der Waals surface area contributed by atoms with Gasteiger partial charge in [0.1, 0.15) is 0 Å². The van der Waals surface area contributed by atoms with Crippen LogP contribution in [0.3, 0.4) is 0 Å². The van der Waals surface area contributed by atoms with E-state index in [9.17, 15) is 0 Å². The van der Waals surface area contributed by atoms with Gasteiger partial charge in [0, 0.05) is 70.8 Å². The Morgan fingerprint density at radius 3 is 0.614 bits per heavy atom. The second-order valence-corrected chi connectivity index (χ2v) is 20.6. The molecule has 0 radical (unpaired) electrons. The lowest BCUT2D eigenvalue weighted by Gasteiger charge is -2.07. The van der Waals surface area contributed by atoms with Gasteiger partial charge in [-0.05, 0) is 85.0 Å². The second-order valence-electron chi connectivity index (χ2n) is 20.6. The number of para-hydroxylation sites is 4. The zero-order valence-corrected chi connectivity index (χ0v) is 52.6. The number of halogens is 4. The molecule has 0 unspecified atom stereocenters. The molecule has 4 heterocycles. The average Bonchev–Trinajstić information content (AvgIpc) is 3.51. The fraction of sp³-hybridized carbons (Fsp3) is 0.143. The van der Waals surface area contributed by atoms with Gasteiger partial charge in [0.15, 0.2) is 51.0 Å². The molecule has 0 saturated heterocycles. The van der Waals surface area contributed by atoms with Crippen molar-refractivity contribution in [2.24, 2.45) is 0 Å². The maximum atomic E-state index is 6.17. The van der Waals surface area contributed by atoms with Gasteiger partial charge in [0.2, 0.25) is 22.1 Å². The first-order chi connectivity index (χ1) is 38.3. The lowest BCUT2D eigenvalue weighted by atomic mass is 10.0. The molecule has 0 spiro atoms. The first-order valence-electron chi connectivity index (χ1n) is 27.3. The van der Waals surface area contributed by atoms with E-state index in [1.165, 1.54) is 44.5 Å². The molecule has 12 rings (SSSR count). The number of pyridine rings is 4. The van der Waals surface area contributed by atoms with Crippen LogP contribution in [0.2, 0.25) is 0 Å². The number of nitrogens with zero attached hydrogens (tertiary/aromatic N) is 4. The number of nitrogen functional groups attached to an aromatic ring is 4. The number of anilines is 4. The topological polar surface area (TPSA) is 151 Å². The van der Waals surface area contributed by atoms with E-state index in [0.717, 1.165) is 131 Å². The van der Waals surface area contributed by atoms with E-state index in [1.54, 1.807) is 0 Å². The Hall–Kier alpha value is -7.52. The van der Waals surface area contributed by atoms with Gasteiger partial charge < -0.3 is 96.3 Å². The number of hydrogen-bond donors (Lipinski definition) is 4. The maximum Gasteiger partial charge on any atom is 0.214 e. The van der Waals surface area contributed by atoms with Crippen LogP contribution < -0.4 is 109 Å². The molecule has 10 N–H and O–H groups in total. The molecule has 0 amide bonds. The Morgan fingerprint density at radius 2 is 0.410 bits per heavy atom. The Bertz CT molecular complexity index is 3510. The summed E-state index contributed by atoms with van der Waals surface area (Å²) in [5.74, 6) is 0. The largest absolute Gasteiger partial charge is 1.00 e. The molecular weight excluding hydrogens is 1290 g/mol. The van der Waals surface area contributed by atoms with Crippen molar-refractivity contribution >= 4 is 66.4 Å². The van der Waals surface area contributed by atoms with Crippen molar-refractivity contribution in [3.63, 3.8) is 0 Å². The molecule has 0 aliphatic rings. The quantitative estimate of drug-likeness (QED) is 0.0939. The van der Waals surface area contributed by atoms with E-state index in [4.69, 9.17) is 22.9 Å². The highest BCUT2D eigenvalue weighted by Gasteiger charge is 2.16. The van der Waals surface area contributed by atoms with Crippen LogP contribution in [0.4, 0.5) is 22.7 Å². The van der Waals surface area contributed by atoms with E-state index in [2.05, 4.69) is 213 Å². The lowest BCUT2D eigenvalue weighted by Crippen LogP contribution is -3.00. The van der Waals surface area contributed by atoms with Crippen LogP contribution in [0.25, 0.3) is 43.6 Å². The molecule has 0 aliphatic carbocycles. The molecule has 0 saturated carbocycles. The third-order valence-electron chi connectivity index (χ3n) is 15.2. The number of aryl methyl sites for hydroxylation is 4. The molecule has 0 aliphatic heterocycles. The highest BCUT2D eigenvalue weighted by Crippen LogP contribution is 2.22. The van der Waals surface area contributed by atoms with Crippen LogP contribution in [-0.2, 0) is 51.9 Å². The van der Waals surface area contributed by atoms with Crippen molar-refractivity contribution in [3.8, 4) is 0 Å². The van der Waals surface area contributed by atoms with E-state index >= 15 is 0 Å². The summed E-state index contributed by atoms with van der Waals surface area (Å²) in [6.45, 7) is 3.32. The fourth-order valence-electron chi connectivity index (χ4n) is 10.8. The standard InChI is InChI=1S/2C35H32N4.4BrH.H2O/c2*36-32-20-22-38(34-10-3-1-8-30(32)34)24-28-16-12-26(13-17-28)6-5-7-27-14-18-29(19-15-27)25-39-23-21-33(37)31-9-2-4-11-35(31)39;;;;;/h2*1-4,8-23,36-37H,5-7,24-25H2;4*1H;1H2. The van der Waals surface area contributed by atoms with Gasteiger partial charge in [-0.1, -0.05) is 146 Å². The predicted molar refractivity (Wildman–Crippen MR) is 324 cm³/mol. The van der Waals surface area contributed by atoms with Crippen LogP contribution in [0.15, 0.2) is 243 Å². The summed E-state index contributed by atoms with van der Waals surface area (Å²) in [7, 11) is 0. The third kappa shape index (κ3) is 16.0. The van der Waals surface area contributed by atoms with Crippen molar-refractivity contribution in [3.05, 3.63) is 288 Å². The van der Waals surface area contributed by atoms with Gasteiger partial charge in [-0.3, -0.25) is 0 Å². The number of rotatable bonds is 16. The Kier molecular flexibility index (Phi) is 23.9. The molecule has 13 heteroatoms. The van der Waals surface area contributed by atoms with Gasteiger partial charge in [-0.15, -0.1) is 0 Å². The van der Waals surface area contributed by atoms with Crippen molar-refractivity contribution < 1.29 is 91.7 Å². The third-order valence-corrected chi connectivity index (χ3v) is 15.2. The summed E-state index contributed by atoms with van der Waals surface area (Å²) in [4.78, 5) is 0. The summed E-state index contributed by atoms with van der Waals surface area (Å²) >= 11 is 0. The van der Waals surface area contributed by atoms with Crippen LogP contribution in [-0.4, -0.2) is 5.48 Å². The second kappa shape index (κ2) is 30.7. The first kappa shape index (κ1) is 64.6.